The predicted octanol–water partition coefficient (Wildman–Crippen LogP) is 2.95. The zero-order chi connectivity index (χ0) is 19.3. The zero-order valence-corrected chi connectivity index (χ0v) is 15.6. The van der Waals surface area contributed by atoms with E-state index < -0.39 is 15.8 Å². The topological polar surface area (TPSA) is 87.3 Å². The molecule has 0 spiro atoms. The molecule has 0 saturated carbocycles. The first kappa shape index (κ1) is 19.3. The smallest absolute Gasteiger partial charge is 0.261 e. The Morgan fingerprint density at radius 1 is 1.11 bits per heavy atom. The molecule has 144 valence electrons. The SMILES string of the molecule is O=C(CCC1CCNC1)Nc1ccccc1NS(=O)(=O)c1ccc(F)cc1. The predicted molar refractivity (Wildman–Crippen MR) is 102 cm³/mol. The highest BCUT2D eigenvalue weighted by Gasteiger charge is 2.18. The third kappa shape index (κ3) is 5.27. The van der Waals surface area contributed by atoms with Crippen molar-refractivity contribution < 1.29 is 17.6 Å². The maximum absolute atomic E-state index is 13.0. The van der Waals surface area contributed by atoms with Gasteiger partial charge in [0.2, 0.25) is 5.91 Å². The lowest BCUT2D eigenvalue weighted by Gasteiger charge is -2.14. The summed E-state index contributed by atoms with van der Waals surface area (Å²) < 4.78 is 40.5. The Labute approximate surface area is 158 Å². The number of hydrogen-bond donors (Lipinski definition) is 3. The molecule has 1 heterocycles. The molecule has 1 aliphatic rings. The van der Waals surface area contributed by atoms with Crippen LogP contribution in [0.15, 0.2) is 53.4 Å². The molecule has 1 aliphatic heterocycles. The van der Waals surface area contributed by atoms with E-state index in [4.69, 9.17) is 0 Å². The van der Waals surface area contributed by atoms with Gasteiger partial charge in [0.05, 0.1) is 16.3 Å². The molecular weight excluding hydrogens is 369 g/mol. The van der Waals surface area contributed by atoms with Crippen molar-refractivity contribution in [2.24, 2.45) is 5.92 Å². The molecular formula is C19H22FN3O3S. The molecule has 1 atom stereocenters. The molecule has 1 amide bonds. The lowest BCUT2D eigenvalue weighted by atomic mass is 10.0. The van der Waals surface area contributed by atoms with Gasteiger partial charge in [0.15, 0.2) is 0 Å². The van der Waals surface area contributed by atoms with Gasteiger partial charge in [-0.25, -0.2) is 12.8 Å². The summed E-state index contributed by atoms with van der Waals surface area (Å²) in [6.07, 6.45) is 2.25. The van der Waals surface area contributed by atoms with E-state index in [1.807, 2.05) is 0 Å². The van der Waals surface area contributed by atoms with Gasteiger partial charge >= 0.3 is 0 Å². The van der Waals surface area contributed by atoms with Crippen molar-refractivity contribution >= 4 is 27.3 Å². The van der Waals surface area contributed by atoms with Crippen molar-refractivity contribution in [2.45, 2.75) is 24.2 Å². The highest BCUT2D eigenvalue weighted by molar-refractivity contribution is 7.92. The molecule has 1 saturated heterocycles. The number of hydrogen-bond acceptors (Lipinski definition) is 4. The van der Waals surface area contributed by atoms with Crippen molar-refractivity contribution in [1.82, 2.24) is 5.32 Å². The fraction of sp³-hybridized carbons (Fsp3) is 0.316. The number of anilines is 2. The van der Waals surface area contributed by atoms with Crippen LogP contribution in [0.5, 0.6) is 0 Å². The molecule has 6 nitrogen and oxygen atoms in total. The van der Waals surface area contributed by atoms with E-state index in [1.165, 1.54) is 12.1 Å². The second-order valence-corrected chi connectivity index (χ2v) is 8.23. The van der Waals surface area contributed by atoms with Crippen molar-refractivity contribution in [3.05, 3.63) is 54.3 Å². The Morgan fingerprint density at radius 3 is 2.48 bits per heavy atom. The van der Waals surface area contributed by atoms with E-state index in [9.17, 15) is 17.6 Å². The van der Waals surface area contributed by atoms with Gasteiger partial charge in [0, 0.05) is 6.42 Å². The molecule has 3 rings (SSSR count). The van der Waals surface area contributed by atoms with E-state index >= 15 is 0 Å². The molecule has 1 unspecified atom stereocenters. The molecule has 1 fully saturated rings. The van der Waals surface area contributed by atoms with Crippen molar-refractivity contribution in [1.29, 1.82) is 0 Å². The molecule has 2 aromatic carbocycles. The van der Waals surface area contributed by atoms with Gasteiger partial charge in [0.25, 0.3) is 10.0 Å². The van der Waals surface area contributed by atoms with E-state index in [-0.39, 0.29) is 16.5 Å². The van der Waals surface area contributed by atoms with Gasteiger partial charge in [-0.2, -0.15) is 0 Å². The van der Waals surface area contributed by atoms with Gasteiger partial charge < -0.3 is 10.6 Å². The molecule has 0 bridgehead atoms. The lowest BCUT2D eigenvalue weighted by Crippen LogP contribution is -2.18. The van der Waals surface area contributed by atoms with Crippen molar-refractivity contribution in [2.75, 3.05) is 23.1 Å². The zero-order valence-electron chi connectivity index (χ0n) is 14.7. The summed E-state index contributed by atoms with van der Waals surface area (Å²) in [5.74, 6) is -0.169. The van der Waals surface area contributed by atoms with Gasteiger partial charge in [-0.3, -0.25) is 9.52 Å². The molecule has 27 heavy (non-hydrogen) atoms. The van der Waals surface area contributed by atoms with Gasteiger partial charge in [-0.1, -0.05) is 12.1 Å². The Kier molecular flexibility index (Phi) is 6.08. The highest BCUT2D eigenvalue weighted by Crippen LogP contribution is 2.25. The van der Waals surface area contributed by atoms with Crippen molar-refractivity contribution in [3.8, 4) is 0 Å². The minimum absolute atomic E-state index is 0.0567. The van der Waals surface area contributed by atoms with Gasteiger partial charge in [-0.15, -0.1) is 0 Å². The van der Waals surface area contributed by atoms with E-state index in [2.05, 4.69) is 15.4 Å². The number of carbonyl (C=O) groups excluding carboxylic acids is 1. The van der Waals surface area contributed by atoms with Crippen LogP contribution < -0.4 is 15.4 Å². The number of sulfonamides is 1. The van der Waals surface area contributed by atoms with Crippen molar-refractivity contribution in [3.63, 3.8) is 0 Å². The fourth-order valence-electron chi connectivity index (χ4n) is 3.01. The summed E-state index contributed by atoms with van der Waals surface area (Å²) in [6, 6.07) is 11.1. The summed E-state index contributed by atoms with van der Waals surface area (Å²) in [5, 5.41) is 6.04. The maximum Gasteiger partial charge on any atom is 0.261 e. The van der Waals surface area contributed by atoms with E-state index in [1.54, 1.807) is 24.3 Å². The number of halogens is 1. The second-order valence-electron chi connectivity index (χ2n) is 6.55. The standard InChI is InChI=1S/C19H22FN3O3S/c20-15-6-8-16(9-7-15)27(25,26)23-18-4-2-1-3-17(18)22-19(24)10-5-14-11-12-21-13-14/h1-4,6-9,14,21,23H,5,10-13H2,(H,22,24). The average Bonchev–Trinajstić information content (AvgIpc) is 3.15. The van der Waals surface area contributed by atoms with E-state index in [0.717, 1.165) is 38.1 Å². The Bertz CT molecular complexity index is 895. The summed E-state index contributed by atoms with van der Waals surface area (Å²) in [7, 11) is -3.89. The van der Waals surface area contributed by atoms with Crippen LogP contribution in [0.25, 0.3) is 0 Å². The Balaban J connectivity index is 1.67. The number of para-hydroxylation sites is 2. The minimum atomic E-state index is -3.89. The Hall–Kier alpha value is -2.45. The first-order valence-electron chi connectivity index (χ1n) is 8.82. The average molecular weight is 391 g/mol. The quantitative estimate of drug-likeness (QED) is 0.677. The third-order valence-corrected chi connectivity index (χ3v) is 5.89. The number of amides is 1. The van der Waals surface area contributed by atoms with Crippen LogP contribution in [0.1, 0.15) is 19.3 Å². The summed E-state index contributed by atoms with van der Waals surface area (Å²) in [6.45, 7) is 1.92. The van der Waals surface area contributed by atoms with Crippen LogP contribution in [0.2, 0.25) is 0 Å². The van der Waals surface area contributed by atoms with Crippen LogP contribution in [-0.4, -0.2) is 27.4 Å². The summed E-state index contributed by atoms with van der Waals surface area (Å²) >= 11 is 0. The molecule has 0 radical (unpaired) electrons. The first-order valence-corrected chi connectivity index (χ1v) is 10.3. The van der Waals surface area contributed by atoms with Gasteiger partial charge in [-0.05, 0) is 68.2 Å². The lowest BCUT2D eigenvalue weighted by molar-refractivity contribution is -0.116. The number of benzene rings is 2. The molecule has 0 aromatic heterocycles. The minimum Gasteiger partial charge on any atom is -0.324 e. The summed E-state index contributed by atoms with van der Waals surface area (Å²) in [4.78, 5) is 12.2. The van der Waals surface area contributed by atoms with Crippen LogP contribution in [0.3, 0.4) is 0 Å². The largest absolute Gasteiger partial charge is 0.324 e. The normalized spacial score (nSPS) is 16.9. The molecule has 2 aromatic rings. The monoisotopic (exact) mass is 391 g/mol. The summed E-state index contributed by atoms with van der Waals surface area (Å²) in [5.41, 5.74) is 0.649. The van der Waals surface area contributed by atoms with Crippen LogP contribution in [-0.2, 0) is 14.8 Å². The van der Waals surface area contributed by atoms with E-state index in [0.29, 0.717) is 18.0 Å². The third-order valence-electron chi connectivity index (χ3n) is 4.51. The molecule has 8 heteroatoms. The number of rotatable bonds is 7. The van der Waals surface area contributed by atoms with Crippen LogP contribution in [0, 0.1) is 11.7 Å². The first-order chi connectivity index (χ1) is 12.9. The molecule has 3 N–H and O–H groups in total. The van der Waals surface area contributed by atoms with Crippen LogP contribution in [0.4, 0.5) is 15.8 Å². The fourth-order valence-corrected chi connectivity index (χ4v) is 4.09. The second kappa shape index (κ2) is 8.49. The van der Waals surface area contributed by atoms with Gasteiger partial charge in [0.1, 0.15) is 5.82 Å². The number of carbonyl (C=O) groups is 1. The molecule has 0 aliphatic carbocycles. The maximum atomic E-state index is 13.0. The Morgan fingerprint density at radius 2 is 1.81 bits per heavy atom. The van der Waals surface area contributed by atoms with Crippen LogP contribution >= 0.6 is 0 Å². The number of nitrogens with one attached hydrogen (secondary N) is 3. The highest BCUT2D eigenvalue weighted by atomic mass is 32.2.